The number of halogens is 1. The molecule has 0 spiro atoms. The Morgan fingerprint density at radius 2 is 1.97 bits per heavy atom. The van der Waals surface area contributed by atoms with Crippen LogP contribution in [-0.4, -0.2) is 59.0 Å². The minimum absolute atomic E-state index is 0.241. The maximum atomic E-state index is 13.7. The van der Waals surface area contributed by atoms with E-state index in [-0.39, 0.29) is 5.71 Å². The minimum atomic E-state index is -0.753. The molecule has 2 aliphatic rings. The number of nitrogens with zero attached hydrogens (tertiary/aromatic N) is 3. The zero-order valence-corrected chi connectivity index (χ0v) is 16.4. The van der Waals surface area contributed by atoms with Gasteiger partial charge in [0.2, 0.25) is 0 Å². The minimum Gasteiger partial charge on any atom is -0.402 e. The highest BCUT2D eigenvalue weighted by Crippen LogP contribution is 2.28. The molecular formula is C21H27FN6O. The van der Waals surface area contributed by atoms with Crippen LogP contribution < -0.4 is 11.1 Å². The van der Waals surface area contributed by atoms with Crippen molar-refractivity contribution in [2.45, 2.75) is 37.8 Å². The molecule has 1 aromatic heterocycles. The Hall–Kier alpha value is -2.58. The molecule has 0 atom stereocenters. The number of rotatable bonds is 5. The standard InChI is InChI=1S/C21H27FN6O/c22-18(12-23)20(24)14-1-6-19-17(11-14)21(26-13-25-19)27-15-2-4-16(5-3-15)28-7-9-29-10-8-28/h1,6,11-13,15-16,24H,2-5,7-10,23H2,(H,25,26,27)/b18-12+,24-20?. The maximum Gasteiger partial charge on any atom is 0.164 e. The number of morpholine rings is 1. The fourth-order valence-electron chi connectivity index (χ4n) is 4.27. The van der Waals surface area contributed by atoms with Gasteiger partial charge in [0.15, 0.2) is 5.83 Å². The molecule has 2 heterocycles. The van der Waals surface area contributed by atoms with Gasteiger partial charge in [0.05, 0.1) is 24.4 Å². The normalized spacial score (nSPS) is 23.8. The fourth-order valence-corrected chi connectivity index (χ4v) is 4.27. The van der Waals surface area contributed by atoms with E-state index in [2.05, 4.69) is 20.2 Å². The van der Waals surface area contributed by atoms with Gasteiger partial charge in [-0.05, 0) is 37.8 Å². The Morgan fingerprint density at radius 3 is 2.69 bits per heavy atom. The number of hydrogen-bond donors (Lipinski definition) is 3. The quantitative estimate of drug-likeness (QED) is 0.670. The first-order chi connectivity index (χ1) is 14.2. The molecule has 1 aromatic carbocycles. The topological polar surface area (TPSA) is 100 Å². The van der Waals surface area contributed by atoms with Crippen molar-refractivity contribution in [1.82, 2.24) is 14.9 Å². The van der Waals surface area contributed by atoms with Crippen LogP contribution in [-0.2, 0) is 4.74 Å². The fraction of sp³-hybridized carbons (Fsp3) is 0.476. The molecule has 1 aliphatic heterocycles. The van der Waals surface area contributed by atoms with Crippen molar-refractivity contribution < 1.29 is 9.13 Å². The first-order valence-corrected chi connectivity index (χ1v) is 10.2. The molecule has 0 unspecified atom stereocenters. The lowest BCUT2D eigenvalue weighted by atomic mass is 9.90. The van der Waals surface area contributed by atoms with Crippen LogP contribution in [0.5, 0.6) is 0 Å². The molecule has 0 radical (unpaired) electrons. The smallest absolute Gasteiger partial charge is 0.164 e. The molecule has 1 aliphatic carbocycles. The monoisotopic (exact) mass is 398 g/mol. The van der Waals surface area contributed by atoms with Crippen molar-refractivity contribution in [2.24, 2.45) is 5.73 Å². The summed E-state index contributed by atoms with van der Waals surface area (Å²) in [5, 5.41) is 12.3. The zero-order valence-electron chi connectivity index (χ0n) is 16.4. The van der Waals surface area contributed by atoms with E-state index in [1.54, 1.807) is 18.2 Å². The number of nitrogens with one attached hydrogen (secondary N) is 2. The zero-order chi connectivity index (χ0) is 20.2. The summed E-state index contributed by atoms with van der Waals surface area (Å²) in [7, 11) is 0. The van der Waals surface area contributed by atoms with E-state index in [4.69, 9.17) is 15.9 Å². The van der Waals surface area contributed by atoms with E-state index in [0.29, 0.717) is 17.6 Å². The van der Waals surface area contributed by atoms with Crippen molar-refractivity contribution in [3.05, 3.63) is 42.1 Å². The Bertz CT molecular complexity index is 903. The van der Waals surface area contributed by atoms with E-state index in [0.717, 1.165) is 74.9 Å². The number of fused-ring (bicyclic) bond motifs is 1. The maximum absolute atomic E-state index is 13.7. The van der Waals surface area contributed by atoms with Crippen LogP contribution in [0.1, 0.15) is 31.2 Å². The number of nitrogens with two attached hydrogens (primary N) is 1. The molecule has 8 heteroatoms. The summed E-state index contributed by atoms with van der Waals surface area (Å²) >= 11 is 0. The Labute approximate surface area is 169 Å². The number of allylic oxidation sites excluding steroid dienone is 1. The second kappa shape index (κ2) is 8.84. The Morgan fingerprint density at radius 1 is 1.21 bits per heavy atom. The summed E-state index contributed by atoms with van der Waals surface area (Å²) in [5.41, 5.74) is 6.19. The van der Waals surface area contributed by atoms with E-state index in [1.165, 1.54) is 6.33 Å². The highest BCUT2D eigenvalue weighted by molar-refractivity contribution is 6.11. The summed E-state index contributed by atoms with van der Waals surface area (Å²) in [5.74, 6) is -0.0197. The van der Waals surface area contributed by atoms with Gasteiger partial charge in [-0.15, -0.1) is 0 Å². The molecular weight excluding hydrogens is 371 g/mol. The molecule has 1 saturated carbocycles. The molecule has 2 aromatic rings. The lowest BCUT2D eigenvalue weighted by Gasteiger charge is -2.39. The number of aromatic nitrogens is 2. The average Bonchev–Trinajstić information content (AvgIpc) is 2.79. The number of benzene rings is 1. The first-order valence-electron chi connectivity index (χ1n) is 10.2. The van der Waals surface area contributed by atoms with Gasteiger partial charge in [0.1, 0.15) is 12.1 Å². The van der Waals surface area contributed by atoms with Crippen LogP contribution in [0.4, 0.5) is 10.2 Å². The second-order valence-electron chi connectivity index (χ2n) is 7.64. The van der Waals surface area contributed by atoms with Gasteiger partial charge >= 0.3 is 0 Å². The second-order valence-corrected chi connectivity index (χ2v) is 7.64. The molecule has 1 saturated heterocycles. The molecule has 4 rings (SSSR count). The molecule has 0 amide bonds. The largest absolute Gasteiger partial charge is 0.402 e. The van der Waals surface area contributed by atoms with Crippen molar-refractivity contribution >= 4 is 22.4 Å². The molecule has 2 fully saturated rings. The van der Waals surface area contributed by atoms with E-state index < -0.39 is 5.83 Å². The summed E-state index contributed by atoms with van der Waals surface area (Å²) < 4.78 is 19.2. The van der Waals surface area contributed by atoms with Crippen molar-refractivity contribution in [3.8, 4) is 0 Å². The van der Waals surface area contributed by atoms with Gasteiger partial charge in [0.25, 0.3) is 0 Å². The molecule has 7 nitrogen and oxygen atoms in total. The van der Waals surface area contributed by atoms with Gasteiger partial charge in [-0.3, -0.25) is 10.3 Å². The Balaban J connectivity index is 1.47. The van der Waals surface area contributed by atoms with E-state index >= 15 is 0 Å². The van der Waals surface area contributed by atoms with Crippen LogP contribution in [0.2, 0.25) is 0 Å². The third-order valence-electron chi connectivity index (χ3n) is 5.91. The molecule has 4 N–H and O–H groups in total. The van der Waals surface area contributed by atoms with Gasteiger partial charge in [-0.1, -0.05) is 6.07 Å². The first kappa shape index (κ1) is 19.7. The van der Waals surface area contributed by atoms with Crippen molar-refractivity contribution in [1.29, 1.82) is 5.41 Å². The summed E-state index contributed by atoms with van der Waals surface area (Å²) in [6, 6.07) is 6.19. The van der Waals surface area contributed by atoms with Crippen molar-refractivity contribution in [3.63, 3.8) is 0 Å². The summed E-state index contributed by atoms with van der Waals surface area (Å²) in [6.45, 7) is 3.73. The van der Waals surface area contributed by atoms with Crippen molar-refractivity contribution in [2.75, 3.05) is 31.6 Å². The molecule has 154 valence electrons. The van der Waals surface area contributed by atoms with Gasteiger partial charge in [0, 0.05) is 42.3 Å². The third kappa shape index (κ3) is 4.38. The molecule has 29 heavy (non-hydrogen) atoms. The SMILES string of the molecule is N=C(/C(F)=C\N)c1ccc2ncnc(NC3CCC(N4CCOCC4)CC3)c2c1. The van der Waals surface area contributed by atoms with E-state index in [1.807, 2.05) is 0 Å². The lowest BCUT2D eigenvalue weighted by Crippen LogP contribution is -2.46. The van der Waals surface area contributed by atoms with E-state index in [9.17, 15) is 4.39 Å². The lowest BCUT2D eigenvalue weighted by molar-refractivity contribution is 0.00791. The summed E-state index contributed by atoms with van der Waals surface area (Å²) in [4.78, 5) is 11.3. The third-order valence-corrected chi connectivity index (χ3v) is 5.91. The molecule has 0 bridgehead atoms. The number of ether oxygens (including phenoxy) is 1. The highest BCUT2D eigenvalue weighted by atomic mass is 19.1. The number of anilines is 1. The van der Waals surface area contributed by atoms with Gasteiger partial charge < -0.3 is 15.8 Å². The van der Waals surface area contributed by atoms with Crippen LogP contribution in [0.15, 0.2) is 36.6 Å². The summed E-state index contributed by atoms with van der Waals surface area (Å²) in [6.07, 6.45) is 6.81. The Kier molecular flexibility index (Phi) is 6.01. The predicted octanol–water partition coefficient (Wildman–Crippen LogP) is 2.82. The van der Waals surface area contributed by atoms with Crippen LogP contribution in [0, 0.1) is 5.41 Å². The van der Waals surface area contributed by atoms with Gasteiger partial charge in [-0.25, -0.2) is 14.4 Å². The predicted molar refractivity (Wildman–Crippen MR) is 112 cm³/mol. The van der Waals surface area contributed by atoms with Crippen LogP contribution in [0.3, 0.4) is 0 Å². The highest BCUT2D eigenvalue weighted by Gasteiger charge is 2.27. The number of hydrogen-bond acceptors (Lipinski definition) is 7. The average molecular weight is 398 g/mol. The van der Waals surface area contributed by atoms with Crippen LogP contribution in [0.25, 0.3) is 10.9 Å². The van der Waals surface area contributed by atoms with Gasteiger partial charge in [-0.2, -0.15) is 0 Å². The van der Waals surface area contributed by atoms with Crippen LogP contribution >= 0.6 is 0 Å².